The molecule has 3 N–H and O–H groups in total. The second kappa shape index (κ2) is 11.8. The van der Waals surface area contributed by atoms with Crippen molar-refractivity contribution in [3.63, 3.8) is 0 Å². The van der Waals surface area contributed by atoms with Gasteiger partial charge in [0.2, 0.25) is 10.0 Å². The molecule has 0 unspecified atom stereocenters. The van der Waals surface area contributed by atoms with E-state index >= 15 is 0 Å². The number of hydrogen-bond acceptors (Lipinski definition) is 9. The molecule has 10 nitrogen and oxygen atoms in total. The summed E-state index contributed by atoms with van der Waals surface area (Å²) in [6, 6.07) is 9.39. The number of rotatable bonds is 6. The third kappa shape index (κ3) is 5.86. The number of nitrogens with two attached hydrogens (primary N) is 1. The van der Waals surface area contributed by atoms with Gasteiger partial charge in [0.05, 0.1) is 30.7 Å². The summed E-state index contributed by atoms with van der Waals surface area (Å²) in [5.41, 5.74) is 8.83. The zero-order chi connectivity index (χ0) is 29.3. The number of aliphatic imine (C=N–C) groups is 1. The standard InChI is InChI=1S/C30H37FN6O4S/c31-24-1-3-25(4-2-24)34-28-15-23-7-10-37(21-30(23,16-22(28)17-32)20-35-9-8-26(38)19-35)42(39,40)27-5-6-29(33-18-27)36-11-13-41-14-12-36/h1-6,15,17-18,26,38H,7-14,16,19-21,32H2/t26-,30-/m0/s1. The van der Waals surface area contributed by atoms with Crippen LogP contribution in [0.3, 0.4) is 0 Å². The van der Waals surface area contributed by atoms with Gasteiger partial charge in [-0.1, -0.05) is 5.57 Å². The number of halogens is 1. The van der Waals surface area contributed by atoms with E-state index in [4.69, 9.17) is 15.5 Å². The highest BCUT2D eigenvalue weighted by molar-refractivity contribution is 7.89. The van der Waals surface area contributed by atoms with Crippen LogP contribution >= 0.6 is 0 Å². The number of pyridine rings is 1. The Morgan fingerprint density at radius 3 is 2.60 bits per heavy atom. The van der Waals surface area contributed by atoms with Crippen LogP contribution in [0.15, 0.2) is 75.9 Å². The molecule has 0 amide bonds. The van der Waals surface area contributed by atoms with E-state index < -0.39 is 21.5 Å². The number of aromatic nitrogens is 1. The SMILES string of the molecule is NC=C1C[C@]2(CN3CC[C@H](O)C3)CN(S(=O)(=O)c3ccc(N4CCOCC4)nc3)CCC2=CC1=Nc1ccc(F)cc1. The van der Waals surface area contributed by atoms with Gasteiger partial charge in [0.1, 0.15) is 16.5 Å². The monoisotopic (exact) mass is 596 g/mol. The Hall–Kier alpha value is -3.16. The van der Waals surface area contributed by atoms with Gasteiger partial charge >= 0.3 is 0 Å². The molecular formula is C30H37FN6O4S. The number of anilines is 1. The van der Waals surface area contributed by atoms with Crippen LogP contribution in [0.4, 0.5) is 15.9 Å². The minimum absolute atomic E-state index is 0.169. The Morgan fingerprint density at radius 1 is 1.14 bits per heavy atom. The zero-order valence-corrected chi connectivity index (χ0v) is 24.3. The molecule has 2 aromatic rings. The van der Waals surface area contributed by atoms with Crippen molar-refractivity contribution in [2.45, 2.75) is 30.3 Å². The summed E-state index contributed by atoms with van der Waals surface area (Å²) in [5, 5.41) is 10.2. The molecule has 224 valence electrons. The fourth-order valence-electron chi connectivity index (χ4n) is 6.49. The highest BCUT2D eigenvalue weighted by atomic mass is 32.2. The van der Waals surface area contributed by atoms with Crippen LogP contribution in [-0.2, 0) is 14.8 Å². The summed E-state index contributed by atoms with van der Waals surface area (Å²) < 4.78 is 48.4. The molecule has 2 atom stereocenters. The summed E-state index contributed by atoms with van der Waals surface area (Å²) in [7, 11) is -3.82. The summed E-state index contributed by atoms with van der Waals surface area (Å²) >= 11 is 0. The van der Waals surface area contributed by atoms with E-state index in [2.05, 4.69) is 14.8 Å². The molecule has 4 heterocycles. The van der Waals surface area contributed by atoms with Gasteiger partial charge in [0.15, 0.2) is 0 Å². The van der Waals surface area contributed by atoms with Gasteiger partial charge in [0, 0.05) is 57.4 Å². The van der Waals surface area contributed by atoms with Crippen LogP contribution < -0.4 is 10.6 Å². The van der Waals surface area contributed by atoms with E-state index in [0.29, 0.717) is 63.5 Å². The van der Waals surface area contributed by atoms with Crippen molar-refractivity contribution in [2.24, 2.45) is 16.1 Å². The molecule has 4 aliphatic rings. The van der Waals surface area contributed by atoms with Crippen LogP contribution in [0.2, 0.25) is 0 Å². The van der Waals surface area contributed by atoms with E-state index in [1.54, 1.807) is 28.6 Å². The third-order valence-electron chi connectivity index (χ3n) is 8.70. The molecule has 3 fully saturated rings. The number of β-amino-alcohol motifs (C(OH)–C–C–N with tert-alkyl or cyclic N) is 1. The first-order valence-electron chi connectivity index (χ1n) is 14.4. The average molecular weight is 597 g/mol. The predicted molar refractivity (Wildman–Crippen MR) is 159 cm³/mol. The number of benzene rings is 1. The number of hydrogen-bond donors (Lipinski definition) is 2. The van der Waals surface area contributed by atoms with E-state index in [1.165, 1.54) is 24.5 Å². The lowest BCUT2D eigenvalue weighted by atomic mass is 9.67. The van der Waals surface area contributed by atoms with Crippen molar-refractivity contribution in [1.29, 1.82) is 0 Å². The lowest BCUT2D eigenvalue weighted by molar-refractivity contribution is 0.122. The first kappa shape index (κ1) is 28.9. The Labute approximate surface area is 246 Å². The quantitative estimate of drug-likeness (QED) is 0.521. The number of aliphatic hydroxyl groups excluding tert-OH is 1. The summed E-state index contributed by atoms with van der Waals surface area (Å²) in [5.74, 6) is 0.407. The van der Waals surface area contributed by atoms with E-state index in [0.717, 1.165) is 36.6 Å². The molecule has 42 heavy (non-hydrogen) atoms. The van der Waals surface area contributed by atoms with E-state index in [-0.39, 0.29) is 17.3 Å². The molecule has 1 aliphatic carbocycles. The largest absolute Gasteiger partial charge is 0.404 e. The fraction of sp³-hybridized carbons (Fsp3) is 0.467. The number of allylic oxidation sites excluding steroid dienone is 2. The van der Waals surface area contributed by atoms with Crippen molar-refractivity contribution in [3.8, 4) is 0 Å². The minimum atomic E-state index is -3.82. The number of ether oxygens (including phenoxy) is 1. The number of piperidine rings is 1. The van der Waals surface area contributed by atoms with Gasteiger partial charge in [-0.15, -0.1) is 0 Å². The maximum Gasteiger partial charge on any atom is 0.244 e. The Kier molecular flexibility index (Phi) is 8.16. The number of fused-ring (bicyclic) bond motifs is 1. The smallest absolute Gasteiger partial charge is 0.244 e. The van der Waals surface area contributed by atoms with Gasteiger partial charge in [0.25, 0.3) is 0 Å². The van der Waals surface area contributed by atoms with Crippen molar-refractivity contribution >= 4 is 27.2 Å². The Bertz CT molecular complexity index is 1490. The fourth-order valence-corrected chi connectivity index (χ4v) is 7.96. The van der Waals surface area contributed by atoms with Crippen molar-refractivity contribution in [1.82, 2.24) is 14.2 Å². The highest BCUT2D eigenvalue weighted by Crippen LogP contribution is 2.46. The van der Waals surface area contributed by atoms with Crippen molar-refractivity contribution in [3.05, 3.63) is 71.8 Å². The normalized spacial score (nSPS) is 27.8. The maximum absolute atomic E-state index is 14.0. The van der Waals surface area contributed by atoms with Crippen LogP contribution in [0, 0.1) is 11.2 Å². The molecule has 3 saturated heterocycles. The summed E-state index contributed by atoms with van der Waals surface area (Å²) in [6.45, 7) is 5.18. The molecule has 12 heteroatoms. The molecule has 6 rings (SSSR count). The number of sulfonamides is 1. The molecule has 0 radical (unpaired) electrons. The van der Waals surface area contributed by atoms with Gasteiger partial charge in [-0.05, 0) is 73.5 Å². The Morgan fingerprint density at radius 2 is 1.93 bits per heavy atom. The number of likely N-dealkylation sites (tertiary alicyclic amines) is 1. The topological polar surface area (TPSA) is 125 Å². The van der Waals surface area contributed by atoms with Crippen LogP contribution in [0.1, 0.15) is 19.3 Å². The molecular weight excluding hydrogens is 559 g/mol. The molecule has 0 saturated carbocycles. The molecule has 0 bridgehead atoms. The van der Waals surface area contributed by atoms with Crippen LogP contribution in [-0.4, -0.2) is 98.6 Å². The molecule has 3 aliphatic heterocycles. The molecule has 1 aromatic carbocycles. The number of aliphatic hydroxyl groups is 1. The molecule has 1 aromatic heterocycles. The van der Waals surface area contributed by atoms with E-state index in [1.807, 2.05) is 6.08 Å². The van der Waals surface area contributed by atoms with Crippen molar-refractivity contribution < 1.29 is 22.7 Å². The van der Waals surface area contributed by atoms with Gasteiger partial charge in [-0.25, -0.2) is 22.8 Å². The first-order valence-corrected chi connectivity index (χ1v) is 15.9. The maximum atomic E-state index is 14.0. The predicted octanol–water partition coefficient (Wildman–Crippen LogP) is 2.45. The number of nitrogens with zero attached hydrogens (tertiary/aromatic N) is 5. The highest BCUT2D eigenvalue weighted by Gasteiger charge is 2.47. The second-order valence-electron chi connectivity index (χ2n) is 11.5. The van der Waals surface area contributed by atoms with Crippen molar-refractivity contribution in [2.75, 3.05) is 63.9 Å². The lowest BCUT2D eigenvalue weighted by Crippen LogP contribution is -2.53. The lowest BCUT2D eigenvalue weighted by Gasteiger charge is -2.48. The van der Waals surface area contributed by atoms with Crippen LogP contribution in [0.25, 0.3) is 0 Å². The first-order chi connectivity index (χ1) is 20.3. The Balaban J connectivity index is 1.31. The van der Waals surface area contributed by atoms with Crippen LogP contribution in [0.5, 0.6) is 0 Å². The minimum Gasteiger partial charge on any atom is -0.404 e. The van der Waals surface area contributed by atoms with Gasteiger partial charge in [-0.3, -0.25) is 4.90 Å². The molecule has 0 spiro atoms. The second-order valence-corrected chi connectivity index (χ2v) is 13.4. The summed E-state index contributed by atoms with van der Waals surface area (Å²) in [4.78, 5) is 13.7. The summed E-state index contributed by atoms with van der Waals surface area (Å²) in [6.07, 6.45) is 6.36. The number of morpholine rings is 1. The third-order valence-corrected chi connectivity index (χ3v) is 10.5. The average Bonchev–Trinajstić information content (AvgIpc) is 3.42. The van der Waals surface area contributed by atoms with Gasteiger partial charge < -0.3 is 20.5 Å². The van der Waals surface area contributed by atoms with Gasteiger partial charge in [-0.2, -0.15) is 4.31 Å². The zero-order valence-electron chi connectivity index (χ0n) is 23.5. The van der Waals surface area contributed by atoms with E-state index in [9.17, 15) is 17.9 Å².